The zero-order valence-corrected chi connectivity index (χ0v) is 10.3. The quantitative estimate of drug-likeness (QED) is 0.780. The SMILES string of the molecule is CCN1CCCC1CC1(C)OCC(CO)O1. The number of aliphatic hydroxyl groups excluding tert-OH is 1. The molecule has 3 unspecified atom stereocenters. The van der Waals surface area contributed by atoms with E-state index in [-0.39, 0.29) is 12.7 Å². The van der Waals surface area contributed by atoms with Crippen molar-refractivity contribution in [3.05, 3.63) is 0 Å². The van der Waals surface area contributed by atoms with Gasteiger partial charge in [0.2, 0.25) is 0 Å². The zero-order chi connectivity index (χ0) is 11.6. The summed E-state index contributed by atoms with van der Waals surface area (Å²) in [6.07, 6.45) is 3.29. The van der Waals surface area contributed by atoms with Crippen LogP contribution in [0.25, 0.3) is 0 Å². The first-order valence-corrected chi connectivity index (χ1v) is 6.33. The summed E-state index contributed by atoms with van der Waals surface area (Å²) in [6, 6.07) is 0.576. The minimum atomic E-state index is -0.490. The Morgan fingerprint density at radius 1 is 1.50 bits per heavy atom. The third-order valence-electron chi connectivity index (χ3n) is 3.71. The minimum Gasteiger partial charge on any atom is -0.394 e. The van der Waals surface area contributed by atoms with E-state index < -0.39 is 5.79 Å². The third-order valence-corrected chi connectivity index (χ3v) is 3.71. The molecule has 0 amide bonds. The molecular formula is C12H23NO3. The lowest BCUT2D eigenvalue weighted by atomic mass is 10.1. The van der Waals surface area contributed by atoms with Gasteiger partial charge in [-0.25, -0.2) is 0 Å². The van der Waals surface area contributed by atoms with Crippen LogP contribution in [0.1, 0.15) is 33.1 Å². The Balaban J connectivity index is 1.89. The highest BCUT2D eigenvalue weighted by Gasteiger charge is 2.40. The molecule has 2 aliphatic rings. The van der Waals surface area contributed by atoms with Crippen molar-refractivity contribution in [3.8, 4) is 0 Å². The summed E-state index contributed by atoms with van der Waals surface area (Å²) in [5, 5.41) is 9.04. The molecule has 0 radical (unpaired) electrons. The fourth-order valence-corrected chi connectivity index (χ4v) is 2.86. The second-order valence-corrected chi connectivity index (χ2v) is 5.00. The van der Waals surface area contributed by atoms with Gasteiger partial charge in [-0.1, -0.05) is 6.92 Å². The molecule has 0 spiro atoms. The van der Waals surface area contributed by atoms with Crippen molar-refractivity contribution < 1.29 is 14.6 Å². The highest BCUT2D eigenvalue weighted by Crippen LogP contribution is 2.32. The van der Waals surface area contributed by atoms with Crippen molar-refractivity contribution in [2.75, 3.05) is 26.3 Å². The average Bonchev–Trinajstić information content (AvgIpc) is 2.85. The Bertz CT molecular complexity index is 236. The molecule has 0 aromatic rings. The van der Waals surface area contributed by atoms with Crippen molar-refractivity contribution in [3.63, 3.8) is 0 Å². The fraction of sp³-hybridized carbons (Fsp3) is 1.00. The maximum Gasteiger partial charge on any atom is 0.167 e. The van der Waals surface area contributed by atoms with Crippen LogP contribution in [0.3, 0.4) is 0 Å². The molecule has 0 aliphatic carbocycles. The highest BCUT2D eigenvalue weighted by molar-refractivity contribution is 4.85. The van der Waals surface area contributed by atoms with Gasteiger partial charge in [-0.15, -0.1) is 0 Å². The van der Waals surface area contributed by atoms with Gasteiger partial charge in [-0.05, 0) is 32.9 Å². The summed E-state index contributed by atoms with van der Waals surface area (Å²) >= 11 is 0. The van der Waals surface area contributed by atoms with E-state index >= 15 is 0 Å². The van der Waals surface area contributed by atoms with Crippen LogP contribution in [-0.4, -0.2) is 54.2 Å². The lowest BCUT2D eigenvalue weighted by Crippen LogP contribution is -2.38. The van der Waals surface area contributed by atoms with Gasteiger partial charge in [-0.3, -0.25) is 0 Å². The molecule has 0 aromatic heterocycles. The van der Waals surface area contributed by atoms with Crippen LogP contribution < -0.4 is 0 Å². The highest BCUT2D eigenvalue weighted by atomic mass is 16.7. The van der Waals surface area contributed by atoms with Crippen molar-refractivity contribution in [2.24, 2.45) is 0 Å². The van der Waals surface area contributed by atoms with Crippen LogP contribution in [0.15, 0.2) is 0 Å². The van der Waals surface area contributed by atoms with Gasteiger partial charge in [0.05, 0.1) is 13.2 Å². The van der Waals surface area contributed by atoms with Crippen molar-refractivity contribution in [1.82, 2.24) is 4.90 Å². The monoisotopic (exact) mass is 229 g/mol. The van der Waals surface area contributed by atoms with E-state index in [4.69, 9.17) is 14.6 Å². The van der Waals surface area contributed by atoms with E-state index in [0.29, 0.717) is 12.6 Å². The molecule has 2 fully saturated rings. The molecule has 4 heteroatoms. The minimum absolute atomic E-state index is 0.0533. The van der Waals surface area contributed by atoms with E-state index in [1.165, 1.54) is 19.4 Å². The normalized spacial score (nSPS) is 40.7. The van der Waals surface area contributed by atoms with Crippen molar-refractivity contribution in [1.29, 1.82) is 0 Å². The van der Waals surface area contributed by atoms with Gasteiger partial charge < -0.3 is 19.5 Å². The predicted molar refractivity (Wildman–Crippen MR) is 61.2 cm³/mol. The second kappa shape index (κ2) is 5.00. The molecule has 4 nitrogen and oxygen atoms in total. The topological polar surface area (TPSA) is 41.9 Å². The molecule has 2 saturated heterocycles. The summed E-state index contributed by atoms with van der Waals surface area (Å²) in [4.78, 5) is 2.49. The zero-order valence-electron chi connectivity index (χ0n) is 10.3. The van der Waals surface area contributed by atoms with Crippen molar-refractivity contribution >= 4 is 0 Å². The molecule has 3 atom stereocenters. The standard InChI is InChI=1S/C12H23NO3/c1-3-13-6-4-5-10(13)7-12(2)15-9-11(8-14)16-12/h10-11,14H,3-9H2,1-2H3. The number of hydrogen-bond acceptors (Lipinski definition) is 4. The second-order valence-electron chi connectivity index (χ2n) is 5.00. The predicted octanol–water partition coefficient (Wildman–Crippen LogP) is 0.985. The Labute approximate surface area is 97.5 Å². The summed E-state index contributed by atoms with van der Waals surface area (Å²) in [7, 11) is 0. The molecule has 0 bridgehead atoms. The van der Waals surface area contributed by atoms with Gasteiger partial charge >= 0.3 is 0 Å². The molecule has 2 aliphatic heterocycles. The number of hydrogen-bond donors (Lipinski definition) is 1. The molecular weight excluding hydrogens is 206 g/mol. The number of rotatable bonds is 4. The summed E-state index contributed by atoms with van der Waals surface area (Å²) < 4.78 is 11.4. The van der Waals surface area contributed by atoms with Gasteiger partial charge in [0, 0.05) is 12.5 Å². The van der Waals surface area contributed by atoms with Gasteiger partial charge in [0.15, 0.2) is 5.79 Å². The number of nitrogens with zero attached hydrogens (tertiary/aromatic N) is 1. The number of aliphatic hydroxyl groups is 1. The van der Waals surface area contributed by atoms with E-state index in [9.17, 15) is 0 Å². The Kier molecular flexibility index (Phi) is 3.85. The van der Waals surface area contributed by atoms with Crippen LogP contribution in [0.5, 0.6) is 0 Å². The summed E-state index contributed by atoms with van der Waals surface area (Å²) in [5.41, 5.74) is 0. The summed E-state index contributed by atoms with van der Waals surface area (Å²) in [6.45, 7) is 7.07. The van der Waals surface area contributed by atoms with Crippen LogP contribution in [0.4, 0.5) is 0 Å². The first kappa shape index (κ1) is 12.3. The maximum atomic E-state index is 9.04. The first-order valence-electron chi connectivity index (χ1n) is 6.33. The first-order chi connectivity index (χ1) is 7.67. The van der Waals surface area contributed by atoms with Gasteiger partial charge in [-0.2, -0.15) is 0 Å². The number of likely N-dealkylation sites (tertiary alicyclic amines) is 1. The smallest absolute Gasteiger partial charge is 0.167 e. The molecule has 2 rings (SSSR count). The Morgan fingerprint density at radius 2 is 2.31 bits per heavy atom. The van der Waals surface area contributed by atoms with Gasteiger partial charge in [0.25, 0.3) is 0 Å². The largest absolute Gasteiger partial charge is 0.394 e. The van der Waals surface area contributed by atoms with Gasteiger partial charge in [0.1, 0.15) is 6.10 Å². The Morgan fingerprint density at radius 3 is 2.94 bits per heavy atom. The fourth-order valence-electron chi connectivity index (χ4n) is 2.86. The lowest BCUT2D eigenvalue weighted by molar-refractivity contribution is -0.169. The van der Waals surface area contributed by atoms with Crippen LogP contribution in [0.2, 0.25) is 0 Å². The molecule has 2 heterocycles. The average molecular weight is 229 g/mol. The van der Waals surface area contributed by atoms with Crippen LogP contribution in [0, 0.1) is 0 Å². The lowest BCUT2D eigenvalue weighted by Gasteiger charge is -2.31. The molecule has 94 valence electrons. The Hall–Kier alpha value is -0.160. The number of ether oxygens (including phenoxy) is 2. The van der Waals surface area contributed by atoms with E-state index in [2.05, 4.69) is 11.8 Å². The molecule has 0 saturated carbocycles. The van der Waals surface area contributed by atoms with E-state index in [0.717, 1.165) is 13.0 Å². The molecule has 1 N–H and O–H groups in total. The molecule has 16 heavy (non-hydrogen) atoms. The third kappa shape index (κ3) is 2.56. The van der Waals surface area contributed by atoms with E-state index in [1.54, 1.807) is 0 Å². The van der Waals surface area contributed by atoms with Crippen molar-refractivity contribution in [2.45, 2.75) is 51.0 Å². The molecule has 0 aromatic carbocycles. The maximum absolute atomic E-state index is 9.04. The van der Waals surface area contributed by atoms with Crippen LogP contribution in [-0.2, 0) is 9.47 Å². The van der Waals surface area contributed by atoms with Crippen LogP contribution >= 0.6 is 0 Å². The summed E-state index contributed by atoms with van der Waals surface area (Å²) in [5.74, 6) is -0.490. The van der Waals surface area contributed by atoms with E-state index in [1.807, 2.05) is 6.92 Å².